The summed E-state index contributed by atoms with van der Waals surface area (Å²) in [6.07, 6.45) is -22.3. The Kier molecular flexibility index (Phi) is 20.9. The number of hydrogen-bond donors (Lipinski definition) is 14. The fraction of sp³-hybridized carbons (Fsp3) is 0.333. The van der Waals surface area contributed by atoms with Crippen molar-refractivity contribution < 1.29 is 113 Å². The minimum absolute atomic E-state index is 0. The largest absolute Gasteiger partial charge is 0.508 e. The first kappa shape index (κ1) is 83.2. The number of ether oxygens (including phenoxy) is 4. The second kappa shape index (κ2) is 30.9. The summed E-state index contributed by atoms with van der Waals surface area (Å²) in [6.45, 7) is 8.25. The Labute approximate surface area is 704 Å². The Morgan fingerprint density at radius 3 is 1.62 bits per heavy atom. The van der Waals surface area contributed by atoms with Gasteiger partial charge in [0.05, 0.1) is 115 Å². The molecule has 123 heavy (non-hydrogen) atoms. The van der Waals surface area contributed by atoms with Gasteiger partial charge in [-0.2, -0.15) is 0 Å². The number of hydrogen-bond acceptors (Lipinski definition) is 22. The van der Waals surface area contributed by atoms with Crippen molar-refractivity contribution in [2.45, 2.75) is 140 Å². The van der Waals surface area contributed by atoms with Gasteiger partial charge in [0.1, 0.15) is 78.7 Å². The number of aliphatic hydroxyl groups is 10. The van der Waals surface area contributed by atoms with Crippen LogP contribution >= 0.6 is 23.2 Å². The highest BCUT2D eigenvalue weighted by Gasteiger charge is 2.52. The summed E-state index contributed by atoms with van der Waals surface area (Å²) in [7, 11) is 1.36. The molecule has 0 radical (unpaired) electrons. The lowest BCUT2D eigenvalue weighted by molar-refractivity contribution is -0.255. The molecular weight excluding hydrogens is 1640 g/mol. The quantitative estimate of drug-likeness (QED) is 0.0399. The maximum Gasteiger partial charge on any atom is 0.262 e. The molecule has 638 valence electrons. The van der Waals surface area contributed by atoms with E-state index in [0.717, 1.165) is 24.2 Å². The van der Waals surface area contributed by atoms with Gasteiger partial charge in [-0.05, 0) is 93.2 Å². The van der Waals surface area contributed by atoms with Crippen molar-refractivity contribution in [1.82, 2.24) is 38.5 Å². The van der Waals surface area contributed by atoms with Gasteiger partial charge in [-0.1, -0.05) is 92.5 Å². The fourth-order valence-electron chi connectivity index (χ4n) is 19.7. The van der Waals surface area contributed by atoms with Crippen LogP contribution in [0, 0.1) is 19.7 Å². The number of likely N-dealkylation sites (N-methyl/N-ethyl adjacent to an activating group) is 1. The molecule has 0 spiro atoms. The number of ketones is 4. The van der Waals surface area contributed by atoms with Gasteiger partial charge in [0.15, 0.2) is 48.0 Å². The highest BCUT2D eigenvalue weighted by Crippen LogP contribution is 2.54. The number of phenolic OH excluding ortho intramolecular Hbond substituents is 1. The summed E-state index contributed by atoms with van der Waals surface area (Å²) in [5.74, 6) is -2.72. The number of amides is 2. The van der Waals surface area contributed by atoms with Crippen LogP contribution in [-0.2, 0) is 18.9 Å². The zero-order valence-electron chi connectivity index (χ0n) is 65.7. The number of aromatic amines is 3. The van der Waals surface area contributed by atoms with Crippen LogP contribution in [-0.4, -0.2) is 256 Å². The molecule has 21 rings (SSSR count). The normalized spacial score (nSPS) is 24.8. The Bertz CT molecular complexity index is 7060. The zero-order chi connectivity index (χ0) is 85.8. The second-order valence-corrected chi connectivity index (χ2v) is 32.9. The van der Waals surface area contributed by atoms with Gasteiger partial charge in [0.2, 0.25) is 0 Å². The predicted molar refractivity (Wildman–Crippen MR) is 455 cm³/mol. The lowest BCUT2D eigenvalue weighted by Crippen LogP contribution is -2.57. The molecule has 2 aliphatic carbocycles. The van der Waals surface area contributed by atoms with Gasteiger partial charge in [-0.15, -0.1) is 0 Å². The number of alkyl halides is 1. The number of aliphatic hydroxyl groups excluding tert-OH is 10. The third-order valence-electron chi connectivity index (χ3n) is 25.3. The first-order chi connectivity index (χ1) is 58.6. The van der Waals surface area contributed by atoms with E-state index in [1.165, 1.54) is 42.3 Å². The van der Waals surface area contributed by atoms with E-state index in [1.807, 2.05) is 64.1 Å². The van der Waals surface area contributed by atoms with Gasteiger partial charge >= 0.3 is 0 Å². The molecule has 6 aliphatic rings. The van der Waals surface area contributed by atoms with E-state index < -0.39 is 129 Å². The number of halogens is 4. The van der Waals surface area contributed by atoms with Crippen LogP contribution in [0.2, 0.25) is 10.0 Å². The third kappa shape index (κ3) is 12.2. The number of methoxy groups -OCH3 is 1. The van der Waals surface area contributed by atoms with Gasteiger partial charge in [0, 0.05) is 119 Å². The van der Waals surface area contributed by atoms with Crippen molar-refractivity contribution in [3.63, 3.8) is 0 Å². The van der Waals surface area contributed by atoms with Crippen molar-refractivity contribution >= 4 is 189 Å². The topological polar surface area (TPSA) is 431 Å². The van der Waals surface area contributed by atoms with Crippen LogP contribution in [0.4, 0.5) is 8.78 Å². The number of nitrogens with zero attached hydrogens (tertiary/aromatic N) is 5. The zero-order valence-corrected chi connectivity index (χ0v) is 67.2. The number of aromatic nitrogens is 6. The molecule has 6 aromatic heterocycles. The number of imide groups is 1. The monoisotopic (exact) mass is 1720 g/mol. The van der Waals surface area contributed by atoms with Gasteiger partial charge in [-0.25, -0.2) is 8.78 Å². The number of phenols is 1. The third-order valence-corrected chi connectivity index (χ3v) is 26.0. The molecule has 0 unspecified atom stereocenters. The summed E-state index contributed by atoms with van der Waals surface area (Å²) in [6, 6.07) is 30.3. The van der Waals surface area contributed by atoms with Crippen LogP contribution in [0.5, 0.6) is 5.75 Å². The number of para-hydroxylation sites is 2. The molecule has 15 atom stereocenters. The molecule has 0 bridgehead atoms. The first-order valence-corrected chi connectivity index (χ1v) is 40.6. The Hall–Kier alpha value is -10.8. The van der Waals surface area contributed by atoms with Gasteiger partial charge < -0.3 is 109 Å². The molecule has 3 saturated heterocycles. The van der Waals surface area contributed by atoms with Crippen LogP contribution in [0.15, 0.2) is 109 Å². The maximum atomic E-state index is 14.7. The van der Waals surface area contributed by atoms with E-state index in [-0.39, 0.29) is 83.5 Å². The fourth-order valence-corrected chi connectivity index (χ4v) is 20.2. The molecule has 3 fully saturated rings. The van der Waals surface area contributed by atoms with Crippen molar-refractivity contribution in [3.05, 3.63) is 170 Å². The van der Waals surface area contributed by atoms with Gasteiger partial charge in [0.25, 0.3) is 11.8 Å². The molecule has 14 N–H and O–H groups in total. The van der Waals surface area contributed by atoms with Gasteiger partial charge in [-0.3, -0.25) is 33.7 Å². The number of H-pyrrole nitrogens is 3. The van der Waals surface area contributed by atoms with E-state index in [2.05, 4.69) is 19.9 Å². The SMILES string of the molecule is C.CCN(CC)CCN1C(=O)c2c(c3c4cccc(Cl)c4n([C@@H]4O[C@H](CO)[C@@H](OC)[C@H](O)[C@H]4O)c3c3[nH]c4c(Cl)cccc4c23)C1=O.Cc1ccc2c(c1)c1c3c(c4c5cc(F)ccc5[nH]c4c1n2[C@@H]1O[C@H](CO)[C@@H](F)[C@H](O)[C@H]1O)C(=O)CC3=O.Cc1ccc2c3c4c(c5c6ccc(O)cc6[nH]c5c3n([C@@H]3O[C@H](CO)[C@@H](O)[C@H](O)[C@H]3O)c2c1)C(=O)CC4=O. The second-order valence-electron chi connectivity index (χ2n) is 32.1. The number of fused-ring (bicyclic) bond motifs is 30. The van der Waals surface area contributed by atoms with E-state index in [0.29, 0.717) is 153 Å². The standard InChI is InChI=1S/C33H34Cl2N4O7.C28H22F2N2O6.C28H24N2O8.CH4/c1-4-37(5-2)12-13-38-31(43)22-20-15-8-6-10-17(34)24(15)36-25(20)27-21(23(22)32(38)44)16-9-7-11-18(35)26(16)39(27)33-29(42)28(41)30(45-3)19(14-40)46-33;1-10-2-5-15-13(6-10)20-22-17(35)8-16(34)21(22)19-12-7-11(29)3-4-14(12)31-24(19)25(20)32(15)28-27(37)26(36)23(30)18(9-33)38-28;1-10-2-4-13-15(6-10)30(28-27(37)26(36)25(35)18(9-31)38-28)24-20(13)22-17(34)8-16(33)21(22)19-12-5-3-11(32)7-14(12)29-23(19)24;/h6-11,19,28-30,33,36,40-42H,4-5,12-14H2,1-3H3;2-7,18,23,26-28,31,33,36-37H,8-9H2,1H3;2-7,18,25-29,31-32,35-37H,8-9H2,1H3;1H4/t19-,28-,29-,30-,33-;18-,23-,26+,27-,28-;18-,25-,26+,27-,28-;/m111./s1. The summed E-state index contributed by atoms with van der Waals surface area (Å²) in [5, 5.41) is 123. The van der Waals surface area contributed by atoms with Crippen molar-refractivity contribution in [2.24, 2.45) is 0 Å². The van der Waals surface area contributed by atoms with E-state index in [4.69, 9.17) is 42.1 Å². The van der Waals surface area contributed by atoms with E-state index in [1.54, 1.807) is 56.2 Å². The van der Waals surface area contributed by atoms with Crippen molar-refractivity contribution in [3.8, 4) is 5.75 Å². The summed E-state index contributed by atoms with van der Waals surface area (Å²) in [5.41, 5.74) is 9.01. The first-order valence-electron chi connectivity index (χ1n) is 39.9. The number of Topliss-reactive ketones (excluding diaryl/α,β-unsaturated/α-hetero) is 4. The minimum atomic E-state index is -2.03. The summed E-state index contributed by atoms with van der Waals surface area (Å²) >= 11 is 13.6. The molecule has 15 aromatic rings. The highest BCUT2D eigenvalue weighted by atomic mass is 35.5. The minimum Gasteiger partial charge on any atom is -0.508 e. The number of carbonyl (C=O) groups is 6. The molecular formula is C90H84Cl2F2N8O21. The number of aryl methyl sites for hydroxylation is 2. The van der Waals surface area contributed by atoms with Crippen LogP contribution in [0.3, 0.4) is 0 Å². The summed E-state index contributed by atoms with van der Waals surface area (Å²) in [4.78, 5) is 95.2. The molecule has 33 heteroatoms. The van der Waals surface area contributed by atoms with E-state index in [9.17, 15) is 93.7 Å². The Morgan fingerprint density at radius 1 is 0.472 bits per heavy atom. The van der Waals surface area contributed by atoms with Crippen LogP contribution in [0.1, 0.15) is 126 Å². The molecule has 0 saturated carbocycles. The Balaban J connectivity index is 0.000000126. The lowest BCUT2D eigenvalue weighted by Gasteiger charge is -2.42. The molecule has 29 nitrogen and oxygen atoms in total. The van der Waals surface area contributed by atoms with E-state index >= 15 is 0 Å². The van der Waals surface area contributed by atoms with Crippen molar-refractivity contribution in [2.75, 3.05) is 53.1 Å². The number of aromatic hydroxyl groups is 1. The van der Waals surface area contributed by atoms with Crippen LogP contribution < -0.4 is 0 Å². The summed E-state index contributed by atoms with van der Waals surface area (Å²) < 4.78 is 57.4. The number of nitrogens with one attached hydrogen (secondary N) is 3. The molecule has 2 amide bonds. The number of carbonyl (C=O) groups excluding carboxylic acids is 6. The van der Waals surface area contributed by atoms with Crippen molar-refractivity contribution in [1.29, 1.82) is 0 Å². The lowest BCUT2D eigenvalue weighted by atomic mass is 9.96. The Morgan fingerprint density at radius 2 is 0.976 bits per heavy atom. The number of rotatable bonds is 12. The average molecular weight is 1720 g/mol. The maximum absolute atomic E-state index is 14.7. The molecule has 10 heterocycles. The smallest absolute Gasteiger partial charge is 0.262 e. The molecule has 4 aliphatic heterocycles. The molecule has 9 aromatic carbocycles. The van der Waals surface area contributed by atoms with Crippen LogP contribution in [0.25, 0.3) is 131 Å². The number of benzene rings is 9. The average Bonchev–Trinajstić information content (AvgIpc) is 1.53. The highest BCUT2D eigenvalue weighted by molar-refractivity contribution is 6.45. The predicted octanol–water partition coefficient (Wildman–Crippen LogP) is 10.7.